The fraction of sp³-hybridized carbons (Fsp3) is 0.333. The van der Waals surface area contributed by atoms with Gasteiger partial charge in [0.2, 0.25) is 0 Å². The smallest absolute Gasteiger partial charge is 0.193 e. The van der Waals surface area contributed by atoms with Crippen molar-refractivity contribution in [1.82, 2.24) is 0 Å². The van der Waals surface area contributed by atoms with Gasteiger partial charge in [-0.2, -0.15) is 0 Å². The maximum atomic E-state index is 12.1. The van der Waals surface area contributed by atoms with Gasteiger partial charge in [-0.15, -0.1) is 0 Å². The SMILES string of the molecule is CCCCc1cc(=O)c2cc(C=O)cc(OC)c2o1. The van der Waals surface area contributed by atoms with Gasteiger partial charge in [0.1, 0.15) is 12.0 Å². The lowest BCUT2D eigenvalue weighted by molar-refractivity contribution is 0.112. The van der Waals surface area contributed by atoms with Crippen LogP contribution in [0.5, 0.6) is 5.75 Å². The molecule has 2 aromatic rings. The Morgan fingerprint density at radius 1 is 1.32 bits per heavy atom. The van der Waals surface area contributed by atoms with Crippen molar-refractivity contribution in [3.05, 3.63) is 39.7 Å². The number of benzene rings is 1. The Balaban J connectivity index is 2.65. The number of unbranched alkanes of at least 4 members (excludes halogenated alkanes) is 1. The lowest BCUT2D eigenvalue weighted by atomic mass is 10.1. The second-order valence-corrected chi connectivity index (χ2v) is 4.40. The fourth-order valence-electron chi connectivity index (χ4n) is 1.99. The van der Waals surface area contributed by atoms with Crippen molar-refractivity contribution in [3.63, 3.8) is 0 Å². The van der Waals surface area contributed by atoms with Crippen LogP contribution in [0, 0.1) is 0 Å². The molecule has 0 saturated carbocycles. The maximum Gasteiger partial charge on any atom is 0.193 e. The van der Waals surface area contributed by atoms with Gasteiger partial charge in [-0.25, -0.2) is 0 Å². The minimum atomic E-state index is -0.144. The Labute approximate surface area is 111 Å². The average molecular weight is 260 g/mol. The second kappa shape index (κ2) is 5.69. The van der Waals surface area contributed by atoms with Crippen molar-refractivity contribution in [2.24, 2.45) is 0 Å². The minimum Gasteiger partial charge on any atom is -0.493 e. The molecule has 0 aliphatic rings. The molecule has 0 fully saturated rings. The zero-order valence-electron chi connectivity index (χ0n) is 11.1. The van der Waals surface area contributed by atoms with E-state index in [0.29, 0.717) is 34.3 Å². The highest BCUT2D eigenvalue weighted by Crippen LogP contribution is 2.26. The molecule has 1 heterocycles. The highest BCUT2D eigenvalue weighted by Gasteiger charge is 2.11. The molecule has 0 aliphatic carbocycles. The first kappa shape index (κ1) is 13.3. The first-order valence-corrected chi connectivity index (χ1v) is 6.29. The van der Waals surface area contributed by atoms with Crippen LogP contribution in [0.4, 0.5) is 0 Å². The molecule has 2 rings (SSSR count). The first-order valence-electron chi connectivity index (χ1n) is 6.29. The number of carbonyl (C=O) groups is 1. The van der Waals surface area contributed by atoms with Crippen LogP contribution in [0.3, 0.4) is 0 Å². The third kappa shape index (κ3) is 2.67. The van der Waals surface area contributed by atoms with E-state index in [9.17, 15) is 9.59 Å². The lowest BCUT2D eigenvalue weighted by Crippen LogP contribution is -2.04. The Morgan fingerprint density at radius 3 is 2.74 bits per heavy atom. The summed E-state index contributed by atoms with van der Waals surface area (Å²) in [4.78, 5) is 22.9. The van der Waals surface area contributed by atoms with E-state index < -0.39 is 0 Å². The number of aldehydes is 1. The standard InChI is InChI=1S/C15H16O4/c1-3-4-5-11-8-13(17)12-6-10(9-16)7-14(18-2)15(12)19-11/h6-9H,3-5H2,1-2H3. The van der Waals surface area contributed by atoms with Gasteiger partial charge in [0.25, 0.3) is 0 Å². The Kier molecular flexibility index (Phi) is 4.00. The van der Waals surface area contributed by atoms with E-state index in [1.165, 1.54) is 19.2 Å². The van der Waals surface area contributed by atoms with Gasteiger partial charge >= 0.3 is 0 Å². The molecule has 0 saturated heterocycles. The highest BCUT2D eigenvalue weighted by molar-refractivity contribution is 5.89. The van der Waals surface area contributed by atoms with Crippen LogP contribution in [-0.2, 0) is 6.42 Å². The molecule has 0 N–H and O–H groups in total. The number of fused-ring (bicyclic) bond motifs is 1. The molecule has 19 heavy (non-hydrogen) atoms. The predicted molar refractivity (Wildman–Crippen MR) is 73.0 cm³/mol. The molecule has 0 unspecified atom stereocenters. The number of methoxy groups -OCH3 is 1. The van der Waals surface area contributed by atoms with Gasteiger partial charge < -0.3 is 9.15 Å². The zero-order chi connectivity index (χ0) is 13.8. The van der Waals surface area contributed by atoms with Crippen molar-refractivity contribution in [2.45, 2.75) is 26.2 Å². The lowest BCUT2D eigenvalue weighted by Gasteiger charge is -2.07. The molecule has 0 atom stereocenters. The molecule has 4 heteroatoms. The number of hydrogen-bond acceptors (Lipinski definition) is 4. The minimum absolute atomic E-state index is 0.144. The molecular weight excluding hydrogens is 244 g/mol. The maximum absolute atomic E-state index is 12.1. The summed E-state index contributed by atoms with van der Waals surface area (Å²) >= 11 is 0. The van der Waals surface area contributed by atoms with Gasteiger partial charge in [-0.1, -0.05) is 13.3 Å². The fourth-order valence-corrected chi connectivity index (χ4v) is 1.99. The zero-order valence-corrected chi connectivity index (χ0v) is 11.1. The van der Waals surface area contributed by atoms with Crippen molar-refractivity contribution in [2.75, 3.05) is 7.11 Å². The van der Waals surface area contributed by atoms with Crippen LogP contribution in [-0.4, -0.2) is 13.4 Å². The summed E-state index contributed by atoms with van der Waals surface area (Å²) in [6.07, 6.45) is 3.40. The van der Waals surface area contributed by atoms with Crippen molar-refractivity contribution in [3.8, 4) is 5.75 Å². The Morgan fingerprint density at radius 2 is 2.11 bits per heavy atom. The van der Waals surface area contributed by atoms with E-state index in [1.54, 1.807) is 6.07 Å². The third-order valence-corrected chi connectivity index (χ3v) is 3.00. The number of rotatable bonds is 5. The Hall–Kier alpha value is -2.10. The van der Waals surface area contributed by atoms with Gasteiger partial charge in [-0.05, 0) is 18.6 Å². The third-order valence-electron chi connectivity index (χ3n) is 3.00. The summed E-state index contributed by atoms with van der Waals surface area (Å²) in [6.45, 7) is 2.08. The molecule has 0 spiro atoms. The van der Waals surface area contributed by atoms with E-state index in [4.69, 9.17) is 9.15 Å². The summed E-state index contributed by atoms with van der Waals surface area (Å²) in [5.41, 5.74) is 0.666. The molecule has 0 aliphatic heterocycles. The molecule has 1 aromatic carbocycles. The van der Waals surface area contributed by atoms with Gasteiger partial charge in [-0.3, -0.25) is 9.59 Å². The molecule has 1 aromatic heterocycles. The molecule has 0 amide bonds. The molecule has 4 nitrogen and oxygen atoms in total. The van der Waals surface area contributed by atoms with Crippen molar-refractivity contribution >= 4 is 17.3 Å². The normalized spacial score (nSPS) is 10.6. The highest BCUT2D eigenvalue weighted by atomic mass is 16.5. The van der Waals surface area contributed by atoms with E-state index in [0.717, 1.165) is 19.3 Å². The van der Waals surface area contributed by atoms with E-state index >= 15 is 0 Å². The summed E-state index contributed by atoms with van der Waals surface area (Å²) < 4.78 is 10.9. The summed E-state index contributed by atoms with van der Waals surface area (Å²) in [5, 5.41) is 0.377. The first-order chi connectivity index (χ1) is 9.19. The number of hydrogen-bond donors (Lipinski definition) is 0. The Bertz CT molecular complexity index is 655. The van der Waals surface area contributed by atoms with Gasteiger partial charge in [0, 0.05) is 18.1 Å². The van der Waals surface area contributed by atoms with E-state index in [-0.39, 0.29) is 5.43 Å². The van der Waals surface area contributed by atoms with E-state index in [1.807, 2.05) is 0 Å². The van der Waals surface area contributed by atoms with Crippen LogP contribution in [0.1, 0.15) is 35.9 Å². The molecule has 0 bridgehead atoms. The largest absolute Gasteiger partial charge is 0.493 e. The summed E-state index contributed by atoms with van der Waals surface area (Å²) in [5.74, 6) is 1.06. The van der Waals surface area contributed by atoms with Crippen molar-refractivity contribution < 1.29 is 13.9 Å². The van der Waals surface area contributed by atoms with Crippen LogP contribution in [0.2, 0.25) is 0 Å². The molecule has 0 radical (unpaired) electrons. The van der Waals surface area contributed by atoms with Crippen LogP contribution >= 0.6 is 0 Å². The summed E-state index contributed by atoms with van der Waals surface area (Å²) in [7, 11) is 1.49. The average Bonchev–Trinajstić information content (AvgIpc) is 2.44. The quantitative estimate of drug-likeness (QED) is 0.775. The molecular formula is C15H16O4. The van der Waals surface area contributed by atoms with Gasteiger partial charge in [0.15, 0.2) is 16.8 Å². The second-order valence-electron chi connectivity index (χ2n) is 4.40. The van der Waals surface area contributed by atoms with Gasteiger partial charge in [0.05, 0.1) is 12.5 Å². The van der Waals surface area contributed by atoms with E-state index in [2.05, 4.69) is 6.92 Å². The predicted octanol–water partition coefficient (Wildman–Crippen LogP) is 2.96. The topological polar surface area (TPSA) is 56.5 Å². The number of carbonyl (C=O) groups excluding carboxylic acids is 1. The van der Waals surface area contributed by atoms with Crippen molar-refractivity contribution in [1.29, 1.82) is 0 Å². The van der Waals surface area contributed by atoms with Crippen LogP contribution in [0.15, 0.2) is 27.4 Å². The van der Waals surface area contributed by atoms with Crippen LogP contribution in [0.25, 0.3) is 11.0 Å². The number of aryl methyl sites for hydroxylation is 1. The summed E-state index contributed by atoms with van der Waals surface area (Å²) in [6, 6.07) is 4.59. The van der Waals surface area contributed by atoms with Crippen LogP contribution < -0.4 is 10.2 Å². The molecule has 100 valence electrons. The number of ether oxygens (including phenoxy) is 1. The monoisotopic (exact) mass is 260 g/mol.